The average molecular weight is 461 g/mol. The lowest BCUT2D eigenvalue weighted by Gasteiger charge is -2.46. The molecule has 6 rings (SSSR count). The maximum absolute atomic E-state index is 13.0. The second-order valence-corrected chi connectivity index (χ2v) is 9.93. The normalized spacial score (nSPS) is 23.2. The van der Waals surface area contributed by atoms with Gasteiger partial charge in [0.25, 0.3) is 0 Å². The van der Waals surface area contributed by atoms with Crippen LogP contribution in [0.5, 0.6) is 11.5 Å². The Kier molecular flexibility index (Phi) is 5.79. The molecule has 3 aliphatic heterocycles. The number of hydrogen-bond donors (Lipinski definition) is 0. The minimum atomic E-state index is -0.337. The Morgan fingerprint density at radius 3 is 2.88 bits per heavy atom. The molecule has 2 saturated heterocycles. The van der Waals surface area contributed by atoms with Crippen LogP contribution in [0.15, 0.2) is 51.7 Å². The largest absolute Gasteiger partial charge is 0.497 e. The first kappa shape index (κ1) is 21.7. The molecule has 0 saturated carbocycles. The Morgan fingerprint density at radius 2 is 1.97 bits per heavy atom. The van der Waals surface area contributed by atoms with Gasteiger partial charge in [0, 0.05) is 24.5 Å². The molecule has 2 aromatic carbocycles. The van der Waals surface area contributed by atoms with Gasteiger partial charge in [-0.15, -0.1) is 0 Å². The zero-order chi connectivity index (χ0) is 23.1. The van der Waals surface area contributed by atoms with Gasteiger partial charge in [0.2, 0.25) is 0 Å². The number of methoxy groups -OCH3 is 1. The van der Waals surface area contributed by atoms with Crippen molar-refractivity contribution in [3.63, 3.8) is 0 Å². The van der Waals surface area contributed by atoms with Crippen molar-refractivity contribution in [1.29, 1.82) is 0 Å². The van der Waals surface area contributed by atoms with E-state index in [1.807, 2.05) is 42.5 Å². The molecule has 6 nitrogen and oxygen atoms in total. The van der Waals surface area contributed by atoms with Gasteiger partial charge in [-0.05, 0) is 80.6 Å². The van der Waals surface area contributed by atoms with Crippen LogP contribution in [0.1, 0.15) is 37.7 Å². The van der Waals surface area contributed by atoms with Gasteiger partial charge in [-0.2, -0.15) is 0 Å². The second kappa shape index (κ2) is 9.08. The topological polar surface area (TPSA) is 55.2 Å². The molecule has 178 valence electrons. The van der Waals surface area contributed by atoms with E-state index in [9.17, 15) is 4.79 Å². The van der Waals surface area contributed by atoms with E-state index < -0.39 is 0 Å². The molecular formula is C28H32N2O4. The van der Waals surface area contributed by atoms with E-state index in [1.54, 1.807) is 7.11 Å². The predicted molar refractivity (Wildman–Crippen MR) is 132 cm³/mol. The first-order valence-corrected chi connectivity index (χ1v) is 12.5. The maximum atomic E-state index is 13.0. The molecule has 3 aliphatic rings. The van der Waals surface area contributed by atoms with Crippen LogP contribution in [0.2, 0.25) is 0 Å². The van der Waals surface area contributed by atoms with Crippen LogP contribution in [-0.2, 0) is 6.54 Å². The van der Waals surface area contributed by atoms with Gasteiger partial charge in [0.05, 0.1) is 18.2 Å². The van der Waals surface area contributed by atoms with Crippen molar-refractivity contribution in [1.82, 2.24) is 9.80 Å². The molecule has 3 aromatic rings. The first-order chi connectivity index (χ1) is 16.7. The summed E-state index contributed by atoms with van der Waals surface area (Å²) in [4.78, 5) is 18.1. The lowest BCUT2D eigenvalue weighted by Crippen LogP contribution is -2.51. The summed E-state index contributed by atoms with van der Waals surface area (Å²) in [5.41, 5.74) is 2.62. The number of benzene rings is 2. The van der Waals surface area contributed by atoms with Crippen molar-refractivity contribution < 1.29 is 13.9 Å². The summed E-state index contributed by atoms with van der Waals surface area (Å²) < 4.78 is 17.4. The summed E-state index contributed by atoms with van der Waals surface area (Å²) >= 11 is 0. The Morgan fingerprint density at radius 1 is 1.06 bits per heavy atom. The highest BCUT2D eigenvalue weighted by Crippen LogP contribution is 2.36. The van der Waals surface area contributed by atoms with Crippen molar-refractivity contribution in [3.8, 4) is 22.6 Å². The van der Waals surface area contributed by atoms with Crippen molar-refractivity contribution in [2.24, 2.45) is 5.92 Å². The molecule has 0 bridgehead atoms. The highest BCUT2D eigenvalue weighted by molar-refractivity contribution is 5.86. The highest BCUT2D eigenvalue weighted by atomic mass is 16.5. The SMILES string of the molecule is COc1cccc(-c2cc3ccc4c(c3oc2=O)CN(C[C@H]2CCCN3CCCC[C@H]23)CO4)c1. The molecule has 0 radical (unpaired) electrons. The zero-order valence-corrected chi connectivity index (χ0v) is 19.8. The van der Waals surface area contributed by atoms with E-state index in [0.29, 0.717) is 35.6 Å². The van der Waals surface area contributed by atoms with Crippen LogP contribution >= 0.6 is 0 Å². The Labute approximate surface area is 200 Å². The van der Waals surface area contributed by atoms with Crippen LogP contribution in [0, 0.1) is 5.92 Å². The van der Waals surface area contributed by atoms with Crippen LogP contribution in [0.4, 0.5) is 0 Å². The number of hydrogen-bond acceptors (Lipinski definition) is 6. The quantitative estimate of drug-likeness (QED) is 0.517. The molecule has 2 fully saturated rings. The van der Waals surface area contributed by atoms with E-state index in [-0.39, 0.29) is 5.63 Å². The molecular weight excluding hydrogens is 428 g/mol. The molecule has 0 spiro atoms. The lowest BCUT2D eigenvalue weighted by atomic mass is 9.83. The summed E-state index contributed by atoms with van der Waals surface area (Å²) in [6, 6.07) is 14.1. The first-order valence-electron chi connectivity index (χ1n) is 12.5. The minimum Gasteiger partial charge on any atom is -0.497 e. The van der Waals surface area contributed by atoms with Gasteiger partial charge in [-0.1, -0.05) is 18.6 Å². The van der Waals surface area contributed by atoms with Crippen LogP contribution in [0.3, 0.4) is 0 Å². The third-order valence-electron chi connectivity index (χ3n) is 7.85. The fourth-order valence-corrected chi connectivity index (χ4v) is 6.17. The maximum Gasteiger partial charge on any atom is 0.344 e. The molecule has 0 N–H and O–H groups in total. The van der Waals surface area contributed by atoms with Gasteiger partial charge in [0.1, 0.15) is 23.8 Å². The van der Waals surface area contributed by atoms with Gasteiger partial charge in [-0.25, -0.2) is 4.79 Å². The van der Waals surface area contributed by atoms with E-state index in [1.165, 1.54) is 45.2 Å². The van der Waals surface area contributed by atoms with E-state index in [2.05, 4.69) is 9.80 Å². The van der Waals surface area contributed by atoms with Crippen molar-refractivity contribution in [3.05, 3.63) is 58.4 Å². The summed E-state index contributed by atoms with van der Waals surface area (Å²) in [6.45, 7) is 4.88. The summed E-state index contributed by atoms with van der Waals surface area (Å²) in [5.74, 6) is 2.22. The third kappa shape index (κ3) is 3.99. The standard InChI is InChI=1S/C28H32N2O4/c1-32-22-8-4-6-19(14-22)23-15-20-10-11-26-24(27(20)34-28(23)31)17-29(18-33-26)16-21-7-5-13-30-12-3-2-9-25(21)30/h4,6,8,10-11,14-15,21,25H,2-3,5,7,9,12-13,16-18H2,1H3/t21-,25-/m1/s1. The predicted octanol–water partition coefficient (Wildman–Crippen LogP) is 4.89. The summed E-state index contributed by atoms with van der Waals surface area (Å²) in [7, 11) is 1.62. The van der Waals surface area contributed by atoms with Crippen molar-refractivity contribution in [2.75, 3.05) is 33.5 Å². The number of fused-ring (bicyclic) bond motifs is 4. The number of rotatable bonds is 4. The fraction of sp³-hybridized carbons (Fsp3) is 0.464. The van der Waals surface area contributed by atoms with Gasteiger partial charge >= 0.3 is 5.63 Å². The third-order valence-corrected chi connectivity index (χ3v) is 7.85. The van der Waals surface area contributed by atoms with Gasteiger partial charge in [-0.3, -0.25) is 4.90 Å². The number of piperidine rings is 2. The van der Waals surface area contributed by atoms with Crippen LogP contribution < -0.4 is 15.1 Å². The van der Waals surface area contributed by atoms with E-state index >= 15 is 0 Å². The molecule has 0 aliphatic carbocycles. The van der Waals surface area contributed by atoms with Gasteiger partial charge < -0.3 is 18.8 Å². The molecule has 1 aromatic heterocycles. The highest BCUT2D eigenvalue weighted by Gasteiger charge is 2.35. The number of ether oxygens (including phenoxy) is 2. The molecule has 34 heavy (non-hydrogen) atoms. The second-order valence-electron chi connectivity index (χ2n) is 9.93. The summed E-state index contributed by atoms with van der Waals surface area (Å²) in [6.07, 6.45) is 6.59. The fourth-order valence-electron chi connectivity index (χ4n) is 6.17. The lowest BCUT2D eigenvalue weighted by molar-refractivity contribution is 0.0146. The Balaban J connectivity index is 1.28. The van der Waals surface area contributed by atoms with Gasteiger partial charge in [0.15, 0.2) is 0 Å². The average Bonchev–Trinajstić information content (AvgIpc) is 2.88. The molecule has 4 heterocycles. The monoisotopic (exact) mass is 460 g/mol. The molecule has 6 heteroatoms. The minimum absolute atomic E-state index is 0.337. The zero-order valence-electron chi connectivity index (χ0n) is 19.8. The molecule has 2 atom stereocenters. The smallest absolute Gasteiger partial charge is 0.344 e. The van der Waals surface area contributed by atoms with E-state index in [4.69, 9.17) is 13.9 Å². The van der Waals surface area contributed by atoms with Crippen molar-refractivity contribution in [2.45, 2.75) is 44.7 Å². The molecule has 0 amide bonds. The van der Waals surface area contributed by atoms with Crippen LogP contribution in [0.25, 0.3) is 22.1 Å². The molecule has 0 unspecified atom stereocenters. The Bertz CT molecular complexity index is 1250. The Hall–Kier alpha value is -2.83. The van der Waals surface area contributed by atoms with Crippen LogP contribution in [-0.4, -0.2) is 49.3 Å². The van der Waals surface area contributed by atoms with E-state index in [0.717, 1.165) is 35.4 Å². The number of nitrogens with zero attached hydrogens (tertiary/aromatic N) is 2. The van der Waals surface area contributed by atoms with Crippen molar-refractivity contribution >= 4 is 11.0 Å². The summed E-state index contributed by atoms with van der Waals surface area (Å²) in [5, 5.41) is 0.915.